The molecule has 0 N–H and O–H groups in total. The van der Waals surface area contributed by atoms with Crippen LogP contribution in [0, 0.1) is 5.92 Å². The normalized spacial score (nSPS) is 22.6. The van der Waals surface area contributed by atoms with Gasteiger partial charge in [0.15, 0.2) is 5.82 Å². The Balaban J connectivity index is 1.35. The Morgan fingerprint density at radius 1 is 1.27 bits per heavy atom. The number of benzene rings is 1. The molecule has 2 aromatic heterocycles. The van der Waals surface area contributed by atoms with Gasteiger partial charge in [-0.2, -0.15) is 10.1 Å². The second kappa shape index (κ2) is 7.50. The summed E-state index contributed by atoms with van der Waals surface area (Å²) < 4.78 is 12.9. The summed E-state index contributed by atoms with van der Waals surface area (Å²) in [5, 5.41) is 9.87. The van der Waals surface area contributed by atoms with Crippen LogP contribution in [-0.2, 0) is 9.53 Å². The maximum atomic E-state index is 12.4. The first-order valence-corrected chi connectivity index (χ1v) is 10.7. The Hall–Kier alpha value is -2.74. The van der Waals surface area contributed by atoms with Gasteiger partial charge in [-0.1, -0.05) is 25.1 Å². The zero-order chi connectivity index (χ0) is 20.8. The van der Waals surface area contributed by atoms with Crippen molar-refractivity contribution in [2.75, 3.05) is 19.8 Å². The van der Waals surface area contributed by atoms with Crippen LogP contribution in [0.4, 0.5) is 0 Å². The number of carbonyl (C=O) groups excluding carboxylic acids is 1. The lowest BCUT2D eigenvalue weighted by atomic mass is 9.90. The van der Waals surface area contributed by atoms with Crippen LogP contribution in [0.3, 0.4) is 0 Å². The van der Waals surface area contributed by atoms with E-state index in [0.717, 1.165) is 41.7 Å². The Bertz CT molecular complexity index is 1070. The Kier molecular flexibility index (Phi) is 4.81. The van der Waals surface area contributed by atoms with Crippen LogP contribution < -0.4 is 0 Å². The number of nitrogens with zero attached hydrogens (tertiary/aromatic N) is 5. The first kappa shape index (κ1) is 19.2. The fraction of sp³-hybridized carbons (Fsp3) is 0.545. The standard InChI is InChI=1S/C22H27N5O3/c1-13(2)22(28)26-7-6-15(8-14(26)3)20-24-21(30-25-20)16-4-5-17-10-23-27(19(17)9-16)18-11-29-12-18/h4-5,9-10,13-15,18H,6-8,11-12H2,1-3H3/t14-,15+/m1/s1. The summed E-state index contributed by atoms with van der Waals surface area (Å²) in [6.07, 6.45) is 3.59. The highest BCUT2D eigenvalue weighted by molar-refractivity contribution is 5.83. The van der Waals surface area contributed by atoms with Crippen molar-refractivity contribution in [2.45, 2.75) is 51.6 Å². The van der Waals surface area contributed by atoms with Gasteiger partial charge < -0.3 is 14.2 Å². The van der Waals surface area contributed by atoms with Gasteiger partial charge >= 0.3 is 0 Å². The third-order valence-electron chi connectivity index (χ3n) is 6.27. The molecule has 1 aromatic carbocycles. The van der Waals surface area contributed by atoms with Gasteiger partial charge in [-0.25, -0.2) is 0 Å². The summed E-state index contributed by atoms with van der Waals surface area (Å²) in [5.41, 5.74) is 1.94. The molecule has 2 atom stereocenters. The maximum Gasteiger partial charge on any atom is 0.258 e. The number of rotatable bonds is 4. The van der Waals surface area contributed by atoms with Gasteiger partial charge in [0, 0.05) is 35.4 Å². The average Bonchev–Trinajstić information content (AvgIpc) is 3.33. The molecule has 0 radical (unpaired) electrons. The van der Waals surface area contributed by atoms with E-state index in [-0.39, 0.29) is 29.8 Å². The van der Waals surface area contributed by atoms with Crippen molar-refractivity contribution >= 4 is 16.8 Å². The summed E-state index contributed by atoms with van der Waals surface area (Å²) >= 11 is 0. The van der Waals surface area contributed by atoms with E-state index >= 15 is 0 Å². The maximum absolute atomic E-state index is 12.4. The third kappa shape index (κ3) is 3.29. The molecule has 30 heavy (non-hydrogen) atoms. The molecule has 5 rings (SSSR count). The van der Waals surface area contributed by atoms with E-state index in [4.69, 9.17) is 14.2 Å². The van der Waals surface area contributed by atoms with E-state index in [0.29, 0.717) is 19.1 Å². The van der Waals surface area contributed by atoms with Gasteiger partial charge in [0.2, 0.25) is 5.91 Å². The molecule has 0 spiro atoms. The average molecular weight is 409 g/mol. The lowest BCUT2D eigenvalue weighted by Crippen LogP contribution is -2.45. The quantitative estimate of drug-likeness (QED) is 0.656. The zero-order valence-corrected chi connectivity index (χ0v) is 17.6. The Morgan fingerprint density at radius 2 is 2.10 bits per heavy atom. The van der Waals surface area contributed by atoms with Gasteiger partial charge in [0.05, 0.1) is 31.0 Å². The van der Waals surface area contributed by atoms with Crippen LogP contribution in [0.25, 0.3) is 22.4 Å². The van der Waals surface area contributed by atoms with Crippen LogP contribution in [-0.4, -0.2) is 56.5 Å². The van der Waals surface area contributed by atoms with E-state index in [1.807, 2.05) is 41.8 Å². The van der Waals surface area contributed by atoms with Crippen molar-refractivity contribution < 1.29 is 14.1 Å². The van der Waals surface area contributed by atoms with Crippen molar-refractivity contribution in [1.82, 2.24) is 24.8 Å². The molecule has 0 aliphatic carbocycles. The number of aromatic nitrogens is 4. The largest absolute Gasteiger partial charge is 0.377 e. The first-order valence-electron chi connectivity index (χ1n) is 10.7. The van der Waals surface area contributed by atoms with Crippen LogP contribution in [0.5, 0.6) is 0 Å². The van der Waals surface area contributed by atoms with E-state index in [1.165, 1.54) is 0 Å². The van der Waals surface area contributed by atoms with E-state index < -0.39 is 0 Å². The highest BCUT2D eigenvalue weighted by Crippen LogP contribution is 2.33. The molecule has 2 saturated heterocycles. The van der Waals surface area contributed by atoms with E-state index in [2.05, 4.69) is 23.2 Å². The van der Waals surface area contributed by atoms with Crippen molar-refractivity contribution in [3.05, 3.63) is 30.2 Å². The number of ether oxygens (including phenoxy) is 1. The van der Waals surface area contributed by atoms with Crippen molar-refractivity contribution in [2.24, 2.45) is 5.92 Å². The summed E-state index contributed by atoms with van der Waals surface area (Å²) in [5.74, 6) is 1.70. The number of fused-ring (bicyclic) bond motifs is 1. The number of hydrogen-bond acceptors (Lipinski definition) is 6. The zero-order valence-electron chi connectivity index (χ0n) is 17.6. The van der Waals surface area contributed by atoms with Gasteiger partial charge in [0.25, 0.3) is 5.89 Å². The van der Waals surface area contributed by atoms with Crippen LogP contribution >= 0.6 is 0 Å². The van der Waals surface area contributed by atoms with E-state index in [9.17, 15) is 4.79 Å². The Morgan fingerprint density at radius 3 is 2.80 bits per heavy atom. The predicted octanol–water partition coefficient (Wildman–Crippen LogP) is 3.41. The fourth-order valence-corrected chi connectivity index (χ4v) is 4.41. The SMILES string of the molecule is CC(C)C(=O)N1CC[C@H](c2noc(-c3ccc4cnn(C5COC5)c4c3)n2)C[C@H]1C. The first-order chi connectivity index (χ1) is 14.5. The Labute approximate surface area is 175 Å². The molecule has 2 aliphatic rings. The molecule has 0 bridgehead atoms. The minimum absolute atomic E-state index is 0.0237. The molecule has 0 saturated carbocycles. The lowest BCUT2D eigenvalue weighted by molar-refractivity contribution is -0.138. The summed E-state index contributed by atoms with van der Waals surface area (Å²) in [4.78, 5) is 19.1. The molecule has 8 nitrogen and oxygen atoms in total. The lowest BCUT2D eigenvalue weighted by Gasteiger charge is -2.37. The second-order valence-electron chi connectivity index (χ2n) is 8.77. The summed E-state index contributed by atoms with van der Waals surface area (Å²) in [6.45, 7) is 8.14. The number of piperidine rings is 1. The fourth-order valence-electron chi connectivity index (χ4n) is 4.41. The molecular weight excluding hydrogens is 382 g/mol. The van der Waals surface area contributed by atoms with Crippen molar-refractivity contribution in [3.8, 4) is 11.5 Å². The second-order valence-corrected chi connectivity index (χ2v) is 8.77. The number of likely N-dealkylation sites (tertiary alicyclic amines) is 1. The van der Waals surface area contributed by atoms with Crippen LogP contribution in [0.2, 0.25) is 0 Å². The minimum atomic E-state index is 0.0237. The smallest absolute Gasteiger partial charge is 0.258 e. The van der Waals surface area contributed by atoms with E-state index in [1.54, 1.807) is 0 Å². The number of carbonyl (C=O) groups is 1. The summed E-state index contributed by atoms with van der Waals surface area (Å²) in [7, 11) is 0. The third-order valence-corrected chi connectivity index (χ3v) is 6.27. The van der Waals surface area contributed by atoms with Crippen molar-refractivity contribution in [3.63, 3.8) is 0 Å². The monoisotopic (exact) mass is 409 g/mol. The topological polar surface area (TPSA) is 86.3 Å². The number of hydrogen-bond donors (Lipinski definition) is 0. The molecule has 1 amide bonds. The molecular formula is C22H27N5O3. The van der Waals surface area contributed by atoms with Crippen LogP contribution in [0.15, 0.2) is 28.9 Å². The van der Waals surface area contributed by atoms with Crippen molar-refractivity contribution in [1.29, 1.82) is 0 Å². The van der Waals surface area contributed by atoms with Gasteiger partial charge in [-0.05, 0) is 31.9 Å². The highest BCUT2D eigenvalue weighted by atomic mass is 16.5. The molecule has 0 unspecified atom stereocenters. The molecule has 158 valence electrons. The molecule has 3 aromatic rings. The predicted molar refractivity (Wildman–Crippen MR) is 111 cm³/mol. The highest BCUT2D eigenvalue weighted by Gasteiger charge is 2.33. The van der Waals surface area contributed by atoms with Gasteiger partial charge in [0.1, 0.15) is 0 Å². The van der Waals surface area contributed by atoms with Gasteiger partial charge in [-0.15, -0.1) is 0 Å². The van der Waals surface area contributed by atoms with Crippen LogP contribution in [0.1, 0.15) is 51.4 Å². The molecule has 2 aliphatic heterocycles. The minimum Gasteiger partial charge on any atom is -0.377 e. The molecule has 8 heteroatoms. The number of amides is 1. The van der Waals surface area contributed by atoms with Gasteiger partial charge in [-0.3, -0.25) is 9.48 Å². The molecule has 2 fully saturated rings. The molecule has 4 heterocycles. The summed E-state index contributed by atoms with van der Waals surface area (Å²) in [6, 6.07) is 6.56.